The molecule has 2 amide bonds. The van der Waals surface area contributed by atoms with Crippen LogP contribution in [0.3, 0.4) is 0 Å². The van der Waals surface area contributed by atoms with Gasteiger partial charge in [0.1, 0.15) is 5.75 Å². The summed E-state index contributed by atoms with van der Waals surface area (Å²) in [5.41, 5.74) is -0.000481. The highest BCUT2D eigenvalue weighted by molar-refractivity contribution is 6.00. The van der Waals surface area contributed by atoms with Gasteiger partial charge in [-0.05, 0) is 6.07 Å². The summed E-state index contributed by atoms with van der Waals surface area (Å²) in [5, 5.41) is 18.9. The van der Waals surface area contributed by atoms with E-state index in [9.17, 15) is 14.9 Å². The van der Waals surface area contributed by atoms with Crippen molar-refractivity contribution in [1.29, 1.82) is 0 Å². The van der Waals surface area contributed by atoms with Crippen LogP contribution in [0.15, 0.2) is 35.0 Å². The zero-order valence-electron chi connectivity index (χ0n) is 10.3. The fourth-order valence-electron chi connectivity index (χ4n) is 1.45. The smallest absolute Gasteiger partial charge is 0.326 e. The number of ether oxygens (including phenoxy) is 1. The number of rotatable bonds is 4. The molecule has 0 atom stereocenters. The number of anilines is 2. The predicted molar refractivity (Wildman–Crippen MR) is 68.8 cm³/mol. The number of hydrogen-bond acceptors (Lipinski definition) is 6. The number of benzene rings is 1. The molecule has 2 rings (SSSR count). The number of non-ortho nitro benzene ring substituents is 1. The van der Waals surface area contributed by atoms with Crippen molar-refractivity contribution in [2.75, 3.05) is 17.7 Å². The van der Waals surface area contributed by atoms with Crippen LogP contribution in [0.25, 0.3) is 0 Å². The monoisotopic (exact) mass is 278 g/mol. The van der Waals surface area contributed by atoms with E-state index in [-0.39, 0.29) is 17.3 Å². The molecule has 0 aliphatic rings. The first-order chi connectivity index (χ1) is 9.60. The molecule has 0 fully saturated rings. The molecule has 2 aromatic rings. The number of carbonyl (C=O) groups excluding carboxylic acids is 1. The molecule has 20 heavy (non-hydrogen) atoms. The average molecular weight is 278 g/mol. The Morgan fingerprint density at radius 3 is 2.80 bits per heavy atom. The standard InChI is InChI=1S/C11H10N4O5/c1-19-9-3-2-7(15(17)18)6-8(9)13-11(16)14-10-4-5-12-20-10/h2-6H,1H3,(H2,13,14,16). The Morgan fingerprint density at radius 1 is 1.40 bits per heavy atom. The first-order valence-corrected chi connectivity index (χ1v) is 5.41. The number of nitro groups is 1. The minimum atomic E-state index is -0.638. The van der Waals surface area contributed by atoms with E-state index in [0.29, 0.717) is 5.75 Å². The molecular weight excluding hydrogens is 268 g/mol. The summed E-state index contributed by atoms with van der Waals surface area (Å²) in [6.45, 7) is 0. The second-order valence-electron chi connectivity index (χ2n) is 3.60. The maximum atomic E-state index is 11.7. The largest absolute Gasteiger partial charge is 0.495 e. The first-order valence-electron chi connectivity index (χ1n) is 5.41. The van der Waals surface area contributed by atoms with E-state index >= 15 is 0 Å². The topological polar surface area (TPSA) is 120 Å². The lowest BCUT2D eigenvalue weighted by atomic mass is 10.2. The van der Waals surface area contributed by atoms with Gasteiger partial charge in [-0.25, -0.2) is 4.79 Å². The van der Waals surface area contributed by atoms with Crippen LogP contribution in [0.1, 0.15) is 0 Å². The predicted octanol–water partition coefficient (Wildman–Crippen LogP) is 2.24. The van der Waals surface area contributed by atoms with E-state index in [1.54, 1.807) is 0 Å². The fourth-order valence-corrected chi connectivity index (χ4v) is 1.45. The van der Waals surface area contributed by atoms with Crippen LogP contribution in [-0.2, 0) is 0 Å². The molecule has 0 aliphatic heterocycles. The van der Waals surface area contributed by atoms with Gasteiger partial charge < -0.3 is 14.6 Å². The second-order valence-corrected chi connectivity index (χ2v) is 3.60. The number of nitrogens with one attached hydrogen (secondary N) is 2. The molecule has 0 aliphatic carbocycles. The normalized spacial score (nSPS) is 9.85. The Hall–Kier alpha value is -3.10. The van der Waals surface area contributed by atoms with Gasteiger partial charge in [0, 0.05) is 18.2 Å². The molecule has 0 saturated carbocycles. The van der Waals surface area contributed by atoms with Crippen molar-refractivity contribution in [3.63, 3.8) is 0 Å². The summed E-state index contributed by atoms with van der Waals surface area (Å²) in [6.07, 6.45) is 1.36. The Balaban J connectivity index is 2.16. The minimum absolute atomic E-state index is 0.145. The SMILES string of the molecule is COc1ccc([N+](=O)[O-])cc1NC(=O)Nc1ccno1. The lowest BCUT2D eigenvalue weighted by Gasteiger charge is -2.09. The summed E-state index contributed by atoms with van der Waals surface area (Å²) < 4.78 is 9.71. The van der Waals surface area contributed by atoms with Crippen molar-refractivity contribution in [1.82, 2.24) is 5.16 Å². The van der Waals surface area contributed by atoms with Crippen LogP contribution in [0.5, 0.6) is 5.75 Å². The lowest BCUT2D eigenvalue weighted by Crippen LogP contribution is -2.19. The van der Waals surface area contributed by atoms with Crippen LogP contribution in [-0.4, -0.2) is 23.2 Å². The highest BCUT2D eigenvalue weighted by atomic mass is 16.6. The van der Waals surface area contributed by atoms with Gasteiger partial charge in [-0.15, -0.1) is 0 Å². The van der Waals surface area contributed by atoms with Crippen molar-refractivity contribution >= 4 is 23.3 Å². The summed E-state index contributed by atoms with van der Waals surface area (Å²) in [6, 6.07) is 4.67. The molecule has 0 spiro atoms. The zero-order chi connectivity index (χ0) is 14.5. The summed E-state index contributed by atoms with van der Waals surface area (Å²) >= 11 is 0. The minimum Gasteiger partial charge on any atom is -0.495 e. The average Bonchev–Trinajstić information content (AvgIpc) is 2.91. The lowest BCUT2D eigenvalue weighted by molar-refractivity contribution is -0.384. The highest BCUT2D eigenvalue weighted by Crippen LogP contribution is 2.28. The third kappa shape index (κ3) is 3.02. The number of nitrogens with zero attached hydrogens (tertiary/aromatic N) is 2. The van der Waals surface area contributed by atoms with Crippen molar-refractivity contribution < 1.29 is 19.0 Å². The third-order valence-electron chi connectivity index (χ3n) is 2.32. The number of aromatic nitrogens is 1. The number of amides is 2. The Labute approximate surface area is 112 Å². The van der Waals surface area contributed by atoms with Crippen molar-refractivity contribution in [2.24, 2.45) is 0 Å². The van der Waals surface area contributed by atoms with Gasteiger partial charge in [-0.2, -0.15) is 0 Å². The Kier molecular flexibility index (Phi) is 3.80. The second kappa shape index (κ2) is 5.69. The highest BCUT2D eigenvalue weighted by Gasteiger charge is 2.14. The van der Waals surface area contributed by atoms with Crippen molar-refractivity contribution in [3.8, 4) is 5.75 Å². The molecule has 0 saturated heterocycles. The van der Waals surface area contributed by atoms with Gasteiger partial charge in [0.15, 0.2) is 0 Å². The van der Waals surface area contributed by atoms with Gasteiger partial charge in [0.05, 0.1) is 23.9 Å². The molecule has 104 valence electrons. The number of urea groups is 1. The van der Waals surface area contributed by atoms with E-state index in [4.69, 9.17) is 9.26 Å². The van der Waals surface area contributed by atoms with E-state index in [1.165, 1.54) is 37.6 Å². The van der Waals surface area contributed by atoms with Crippen LogP contribution in [0.4, 0.5) is 22.1 Å². The van der Waals surface area contributed by atoms with E-state index in [2.05, 4.69) is 15.8 Å². The molecular formula is C11H10N4O5. The van der Waals surface area contributed by atoms with Gasteiger partial charge in [-0.3, -0.25) is 15.4 Å². The molecule has 9 nitrogen and oxygen atoms in total. The van der Waals surface area contributed by atoms with Crippen LogP contribution >= 0.6 is 0 Å². The van der Waals surface area contributed by atoms with E-state index in [0.717, 1.165) is 0 Å². The molecule has 9 heteroatoms. The quantitative estimate of drug-likeness (QED) is 0.653. The molecule has 1 aromatic carbocycles. The summed E-state index contributed by atoms with van der Waals surface area (Å²) in [7, 11) is 1.39. The van der Waals surface area contributed by atoms with Gasteiger partial charge in [-0.1, -0.05) is 5.16 Å². The molecule has 0 bridgehead atoms. The fraction of sp³-hybridized carbons (Fsp3) is 0.0909. The number of hydrogen-bond donors (Lipinski definition) is 2. The van der Waals surface area contributed by atoms with Gasteiger partial charge >= 0.3 is 6.03 Å². The van der Waals surface area contributed by atoms with E-state index < -0.39 is 11.0 Å². The van der Waals surface area contributed by atoms with Crippen LogP contribution in [0, 0.1) is 10.1 Å². The summed E-state index contributed by atoms with van der Waals surface area (Å²) in [4.78, 5) is 21.8. The van der Waals surface area contributed by atoms with Crippen molar-refractivity contribution in [3.05, 3.63) is 40.6 Å². The first kappa shape index (κ1) is 13.3. The number of nitro benzene ring substituents is 1. The Bertz CT molecular complexity index is 626. The maximum Gasteiger partial charge on any atom is 0.326 e. The number of methoxy groups -OCH3 is 1. The molecule has 0 unspecified atom stereocenters. The molecule has 1 aromatic heterocycles. The van der Waals surface area contributed by atoms with Gasteiger partial charge in [0.25, 0.3) is 5.69 Å². The number of carbonyl (C=O) groups is 1. The molecule has 0 radical (unpaired) electrons. The maximum absolute atomic E-state index is 11.7. The van der Waals surface area contributed by atoms with Gasteiger partial charge in [0.2, 0.25) is 5.88 Å². The van der Waals surface area contributed by atoms with E-state index in [1.807, 2.05) is 0 Å². The molecule has 2 N–H and O–H groups in total. The summed E-state index contributed by atoms with van der Waals surface area (Å²) in [5.74, 6) is 0.440. The molecule has 1 heterocycles. The van der Waals surface area contributed by atoms with Crippen molar-refractivity contribution in [2.45, 2.75) is 0 Å². The Morgan fingerprint density at radius 2 is 2.20 bits per heavy atom. The van der Waals surface area contributed by atoms with Crippen LogP contribution in [0.2, 0.25) is 0 Å². The zero-order valence-corrected chi connectivity index (χ0v) is 10.3. The third-order valence-corrected chi connectivity index (χ3v) is 2.32. The van der Waals surface area contributed by atoms with Crippen LogP contribution < -0.4 is 15.4 Å².